The van der Waals surface area contributed by atoms with Crippen LogP contribution in [0.5, 0.6) is 5.75 Å². The van der Waals surface area contributed by atoms with Gasteiger partial charge in [0.05, 0.1) is 12.1 Å². The van der Waals surface area contributed by atoms with Crippen LogP contribution in [-0.2, 0) is 11.3 Å². The van der Waals surface area contributed by atoms with Crippen LogP contribution in [-0.4, -0.2) is 7.11 Å². The van der Waals surface area contributed by atoms with Gasteiger partial charge in [-0.25, -0.2) is 0 Å². The first-order valence-corrected chi connectivity index (χ1v) is 4.80. The monoisotopic (exact) mass is 224 g/mol. The molecule has 0 heterocycles. The minimum Gasteiger partial charge on any atom is -0.497 e. The Morgan fingerprint density at radius 2 is 1.87 bits per heavy atom. The average molecular weight is 225 g/mol. The number of hydrogen-bond donors (Lipinski definition) is 0. The molecule has 3 heteroatoms. The minimum atomic E-state index is 0.323. The summed E-state index contributed by atoms with van der Waals surface area (Å²) in [5.41, 5.74) is 1.02. The number of halogens is 1. The largest absolute Gasteiger partial charge is 0.497 e. The van der Waals surface area contributed by atoms with Crippen LogP contribution in [0.3, 0.4) is 0 Å². The van der Waals surface area contributed by atoms with Crippen molar-refractivity contribution in [2.24, 2.45) is 0 Å². The second-order valence-corrected chi connectivity index (χ2v) is 3.42. The van der Waals surface area contributed by atoms with Gasteiger partial charge in [0.2, 0.25) is 0 Å². The van der Waals surface area contributed by atoms with E-state index in [1.807, 2.05) is 24.3 Å². The number of benzene rings is 1. The molecule has 0 saturated carbocycles. The molecule has 0 aliphatic rings. The second kappa shape index (κ2) is 5.47. The molecule has 0 radical (unpaired) electrons. The summed E-state index contributed by atoms with van der Waals surface area (Å²) in [5.74, 6) is 1.21. The molecule has 2 nitrogen and oxygen atoms in total. The molecule has 0 N–H and O–H groups in total. The van der Waals surface area contributed by atoms with Crippen LogP contribution in [0, 0.1) is 0 Å². The van der Waals surface area contributed by atoms with Gasteiger partial charge in [-0.15, -0.1) is 0 Å². The third-order valence-corrected chi connectivity index (χ3v) is 2.09. The van der Waals surface area contributed by atoms with Crippen molar-refractivity contribution in [3.63, 3.8) is 0 Å². The van der Waals surface area contributed by atoms with Crippen LogP contribution >= 0.6 is 11.6 Å². The lowest BCUT2D eigenvalue weighted by atomic mass is 10.2. The zero-order valence-corrected chi connectivity index (χ0v) is 9.38. The van der Waals surface area contributed by atoms with Gasteiger partial charge in [-0.2, -0.15) is 0 Å². The Morgan fingerprint density at radius 1 is 1.27 bits per heavy atom. The molecule has 0 aliphatic carbocycles. The Bertz CT molecular complexity index is 354. The lowest BCUT2D eigenvalue weighted by Crippen LogP contribution is -1.92. The number of allylic oxidation sites excluding steroid dienone is 1. The van der Waals surface area contributed by atoms with E-state index in [0.29, 0.717) is 17.4 Å². The Labute approximate surface area is 94.8 Å². The van der Waals surface area contributed by atoms with E-state index in [1.165, 1.54) is 0 Å². The predicted octanol–water partition coefficient (Wildman–Crippen LogP) is 3.48. The van der Waals surface area contributed by atoms with Crippen molar-refractivity contribution in [3.05, 3.63) is 53.8 Å². The van der Waals surface area contributed by atoms with Gasteiger partial charge in [0, 0.05) is 0 Å². The molecule has 0 amide bonds. The minimum absolute atomic E-state index is 0.323. The number of hydrogen-bond acceptors (Lipinski definition) is 2. The summed E-state index contributed by atoms with van der Waals surface area (Å²) in [6.45, 7) is 7.57. The van der Waals surface area contributed by atoms with Crippen LogP contribution in [0.15, 0.2) is 48.2 Å². The van der Waals surface area contributed by atoms with Gasteiger partial charge in [-0.05, 0) is 17.7 Å². The first kappa shape index (κ1) is 11.7. The molecular formula is C12H13ClO2. The van der Waals surface area contributed by atoms with Gasteiger partial charge >= 0.3 is 0 Å². The van der Waals surface area contributed by atoms with Gasteiger partial charge in [-0.1, -0.05) is 36.9 Å². The SMILES string of the molecule is C=C(Cl)C(=C)OCc1ccc(OC)cc1. The van der Waals surface area contributed by atoms with Crippen LogP contribution in [0.25, 0.3) is 0 Å². The second-order valence-electron chi connectivity index (χ2n) is 2.96. The molecule has 0 bridgehead atoms. The first-order chi connectivity index (χ1) is 7.13. The topological polar surface area (TPSA) is 18.5 Å². The molecule has 0 aromatic heterocycles. The number of rotatable bonds is 5. The highest BCUT2D eigenvalue weighted by atomic mass is 35.5. The fourth-order valence-corrected chi connectivity index (χ4v) is 1.03. The van der Waals surface area contributed by atoms with Crippen LogP contribution in [0.4, 0.5) is 0 Å². The quantitative estimate of drug-likeness (QED) is 0.563. The Balaban J connectivity index is 2.51. The van der Waals surface area contributed by atoms with Gasteiger partial charge in [0.1, 0.15) is 18.1 Å². The lowest BCUT2D eigenvalue weighted by Gasteiger charge is -2.07. The summed E-state index contributed by atoms with van der Waals surface area (Å²) < 4.78 is 10.3. The lowest BCUT2D eigenvalue weighted by molar-refractivity contribution is 0.211. The van der Waals surface area contributed by atoms with Crippen LogP contribution in [0.1, 0.15) is 5.56 Å². The molecule has 1 aromatic carbocycles. The molecule has 0 spiro atoms. The molecule has 1 rings (SSSR count). The highest BCUT2D eigenvalue weighted by Gasteiger charge is 1.99. The normalized spacial score (nSPS) is 9.47. The maximum absolute atomic E-state index is 5.60. The summed E-state index contributed by atoms with van der Waals surface area (Å²) in [4.78, 5) is 0. The summed E-state index contributed by atoms with van der Waals surface area (Å²) in [6, 6.07) is 7.58. The van der Waals surface area contributed by atoms with Crippen molar-refractivity contribution in [1.82, 2.24) is 0 Å². The third kappa shape index (κ3) is 3.68. The van der Waals surface area contributed by atoms with Gasteiger partial charge in [-0.3, -0.25) is 0 Å². The van der Waals surface area contributed by atoms with E-state index < -0.39 is 0 Å². The maximum atomic E-state index is 5.60. The highest BCUT2D eigenvalue weighted by Crippen LogP contribution is 2.16. The maximum Gasteiger partial charge on any atom is 0.130 e. The van der Waals surface area contributed by atoms with Crippen LogP contribution < -0.4 is 4.74 Å². The van der Waals surface area contributed by atoms with E-state index in [1.54, 1.807) is 7.11 Å². The van der Waals surface area contributed by atoms with Crippen molar-refractivity contribution in [2.75, 3.05) is 7.11 Å². The van der Waals surface area contributed by atoms with E-state index >= 15 is 0 Å². The standard InChI is InChI=1S/C12H13ClO2/c1-9(13)10(2)15-8-11-4-6-12(14-3)7-5-11/h4-7H,1-2,8H2,3H3. The fraction of sp³-hybridized carbons (Fsp3) is 0.167. The molecule has 15 heavy (non-hydrogen) atoms. The van der Waals surface area contributed by atoms with E-state index in [9.17, 15) is 0 Å². The molecule has 0 unspecified atom stereocenters. The smallest absolute Gasteiger partial charge is 0.130 e. The predicted molar refractivity (Wildman–Crippen MR) is 61.9 cm³/mol. The number of methoxy groups -OCH3 is 1. The summed E-state index contributed by atoms with van der Waals surface area (Å²) in [7, 11) is 1.63. The van der Waals surface area contributed by atoms with Crippen molar-refractivity contribution in [2.45, 2.75) is 6.61 Å². The van der Waals surface area contributed by atoms with E-state index in [0.717, 1.165) is 11.3 Å². The van der Waals surface area contributed by atoms with Gasteiger partial charge < -0.3 is 9.47 Å². The van der Waals surface area contributed by atoms with Gasteiger partial charge in [0.15, 0.2) is 0 Å². The first-order valence-electron chi connectivity index (χ1n) is 4.43. The highest BCUT2D eigenvalue weighted by molar-refractivity contribution is 6.31. The molecule has 0 fully saturated rings. The van der Waals surface area contributed by atoms with E-state index in [-0.39, 0.29) is 0 Å². The summed E-state index contributed by atoms with van der Waals surface area (Å²) >= 11 is 5.60. The Kier molecular flexibility index (Phi) is 4.25. The van der Waals surface area contributed by atoms with E-state index in [2.05, 4.69) is 13.2 Å². The third-order valence-electron chi connectivity index (χ3n) is 1.87. The summed E-state index contributed by atoms with van der Waals surface area (Å²) in [6.07, 6.45) is 0. The molecule has 80 valence electrons. The Hall–Kier alpha value is -1.41. The molecule has 0 saturated heterocycles. The molecule has 0 aliphatic heterocycles. The van der Waals surface area contributed by atoms with Crippen molar-refractivity contribution >= 4 is 11.6 Å². The number of ether oxygens (including phenoxy) is 2. The van der Waals surface area contributed by atoms with Crippen molar-refractivity contribution in [3.8, 4) is 5.75 Å². The van der Waals surface area contributed by atoms with Crippen molar-refractivity contribution in [1.29, 1.82) is 0 Å². The van der Waals surface area contributed by atoms with Gasteiger partial charge in [0.25, 0.3) is 0 Å². The van der Waals surface area contributed by atoms with E-state index in [4.69, 9.17) is 21.1 Å². The molecule has 0 atom stereocenters. The molecule has 1 aromatic rings. The fourth-order valence-electron chi connectivity index (χ4n) is 0.971. The Morgan fingerprint density at radius 3 is 2.33 bits per heavy atom. The zero-order chi connectivity index (χ0) is 11.3. The average Bonchev–Trinajstić information content (AvgIpc) is 2.26. The van der Waals surface area contributed by atoms with Crippen LogP contribution in [0.2, 0.25) is 0 Å². The molecular weight excluding hydrogens is 212 g/mol. The zero-order valence-electron chi connectivity index (χ0n) is 8.63. The van der Waals surface area contributed by atoms with Crippen molar-refractivity contribution < 1.29 is 9.47 Å². The summed E-state index contributed by atoms with van der Waals surface area (Å²) in [5, 5.41) is 0.323.